The minimum Gasteiger partial charge on any atom is -0.496 e. The van der Waals surface area contributed by atoms with Crippen molar-refractivity contribution in [3.63, 3.8) is 0 Å². The number of aryl methyl sites for hydroxylation is 2. The summed E-state index contributed by atoms with van der Waals surface area (Å²) < 4.78 is 10.6. The van der Waals surface area contributed by atoms with Gasteiger partial charge in [-0.1, -0.05) is 0 Å². The monoisotopic (exact) mass is 232 g/mol. The van der Waals surface area contributed by atoms with E-state index in [1.165, 1.54) is 11.1 Å². The van der Waals surface area contributed by atoms with Crippen molar-refractivity contribution < 1.29 is 9.15 Å². The molecule has 0 aliphatic heterocycles. The third kappa shape index (κ3) is 2.17. The third-order valence-electron chi connectivity index (χ3n) is 2.82. The van der Waals surface area contributed by atoms with E-state index >= 15 is 0 Å². The van der Waals surface area contributed by atoms with E-state index in [9.17, 15) is 0 Å². The van der Waals surface area contributed by atoms with Crippen LogP contribution in [0.15, 0.2) is 22.8 Å². The van der Waals surface area contributed by atoms with Crippen molar-refractivity contribution in [2.75, 3.05) is 7.11 Å². The molecule has 1 aromatic heterocycles. The largest absolute Gasteiger partial charge is 0.496 e. The SMILES string of the molecule is COc1cc(C)c(C)cc1-c1coc(CN)n1. The van der Waals surface area contributed by atoms with Crippen molar-refractivity contribution in [3.8, 4) is 17.0 Å². The molecule has 1 heterocycles. The van der Waals surface area contributed by atoms with Crippen LogP contribution < -0.4 is 10.5 Å². The lowest BCUT2D eigenvalue weighted by atomic mass is 10.0. The van der Waals surface area contributed by atoms with E-state index in [0.29, 0.717) is 12.4 Å². The zero-order chi connectivity index (χ0) is 12.4. The molecule has 90 valence electrons. The van der Waals surface area contributed by atoms with E-state index in [0.717, 1.165) is 17.0 Å². The van der Waals surface area contributed by atoms with Gasteiger partial charge in [0, 0.05) is 5.56 Å². The Bertz CT molecular complexity index is 532. The van der Waals surface area contributed by atoms with Crippen LogP contribution in [0.4, 0.5) is 0 Å². The van der Waals surface area contributed by atoms with Gasteiger partial charge in [0.1, 0.15) is 17.7 Å². The summed E-state index contributed by atoms with van der Waals surface area (Å²) >= 11 is 0. The minimum atomic E-state index is 0.299. The first-order valence-electron chi connectivity index (χ1n) is 5.45. The van der Waals surface area contributed by atoms with Gasteiger partial charge in [0.05, 0.1) is 13.7 Å². The lowest BCUT2D eigenvalue weighted by Crippen LogP contribution is -1.96. The highest BCUT2D eigenvalue weighted by Gasteiger charge is 2.12. The Morgan fingerprint density at radius 3 is 2.59 bits per heavy atom. The number of oxazole rings is 1. The zero-order valence-corrected chi connectivity index (χ0v) is 10.3. The summed E-state index contributed by atoms with van der Waals surface area (Å²) in [4.78, 5) is 4.31. The second-order valence-corrected chi connectivity index (χ2v) is 3.97. The van der Waals surface area contributed by atoms with E-state index in [-0.39, 0.29) is 0 Å². The van der Waals surface area contributed by atoms with Crippen LogP contribution >= 0.6 is 0 Å². The molecule has 2 rings (SSSR count). The van der Waals surface area contributed by atoms with Crippen LogP contribution in [0.1, 0.15) is 17.0 Å². The first kappa shape index (κ1) is 11.7. The van der Waals surface area contributed by atoms with E-state index < -0.39 is 0 Å². The highest BCUT2D eigenvalue weighted by Crippen LogP contribution is 2.31. The molecule has 4 heteroatoms. The van der Waals surface area contributed by atoms with Crippen LogP contribution in [0.3, 0.4) is 0 Å². The Kier molecular flexibility index (Phi) is 3.15. The average molecular weight is 232 g/mol. The number of methoxy groups -OCH3 is 1. The Hall–Kier alpha value is -1.81. The van der Waals surface area contributed by atoms with Crippen molar-refractivity contribution >= 4 is 0 Å². The molecule has 0 amide bonds. The van der Waals surface area contributed by atoms with Crippen molar-refractivity contribution in [1.82, 2.24) is 4.98 Å². The summed E-state index contributed by atoms with van der Waals surface area (Å²) in [7, 11) is 1.65. The van der Waals surface area contributed by atoms with Crippen molar-refractivity contribution in [1.29, 1.82) is 0 Å². The Balaban J connectivity index is 2.53. The van der Waals surface area contributed by atoms with Gasteiger partial charge in [-0.2, -0.15) is 0 Å². The lowest BCUT2D eigenvalue weighted by molar-refractivity contribution is 0.416. The van der Waals surface area contributed by atoms with Crippen LogP contribution in [-0.2, 0) is 6.54 Å². The number of rotatable bonds is 3. The maximum Gasteiger partial charge on any atom is 0.208 e. The number of aromatic nitrogens is 1. The average Bonchev–Trinajstić information content (AvgIpc) is 2.80. The molecule has 4 nitrogen and oxygen atoms in total. The fourth-order valence-corrected chi connectivity index (χ4v) is 1.69. The van der Waals surface area contributed by atoms with Gasteiger partial charge in [0.15, 0.2) is 0 Å². The van der Waals surface area contributed by atoms with E-state index in [1.807, 2.05) is 12.1 Å². The molecule has 0 atom stereocenters. The van der Waals surface area contributed by atoms with E-state index in [2.05, 4.69) is 18.8 Å². The van der Waals surface area contributed by atoms with Gasteiger partial charge in [0.25, 0.3) is 0 Å². The number of nitrogens with zero attached hydrogens (tertiary/aromatic N) is 1. The second kappa shape index (κ2) is 4.59. The van der Waals surface area contributed by atoms with Gasteiger partial charge in [-0.3, -0.25) is 0 Å². The van der Waals surface area contributed by atoms with Crippen LogP contribution in [0.5, 0.6) is 5.75 Å². The van der Waals surface area contributed by atoms with Crippen LogP contribution in [0.2, 0.25) is 0 Å². The maximum atomic E-state index is 5.48. The van der Waals surface area contributed by atoms with Crippen molar-refractivity contribution in [2.45, 2.75) is 20.4 Å². The summed E-state index contributed by atoms with van der Waals surface area (Å²) in [5.41, 5.74) is 9.54. The van der Waals surface area contributed by atoms with Crippen LogP contribution in [0.25, 0.3) is 11.3 Å². The van der Waals surface area contributed by atoms with Gasteiger partial charge in [-0.05, 0) is 37.1 Å². The summed E-state index contributed by atoms with van der Waals surface area (Å²) in [6, 6.07) is 4.05. The Morgan fingerprint density at radius 2 is 2.00 bits per heavy atom. The molecule has 0 aliphatic rings. The molecular formula is C13H16N2O2. The molecule has 0 saturated heterocycles. The highest BCUT2D eigenvalue weighted by atomic mass is 16.5. The fourth-order valence-electron chi connectivity index (χ4n) is 1.69. The quantitative estimate of drug-likeness (QED) is 0.882. The molecular weight excluding hydrogens is 216 g/mol. The smallest absolute Gasteiger partial charge is 0.208 e. The van der Waals surface area contributed by atoms with E-state index in [1.54, 1.807) is 13.4 Å². The molecule has 0 fully saturated rings. The third-order valence-corrected chi connectivity index (χ3v) is 2.82. The van der Waals surface area contributed by atoms with Gasteiger partial charge in [-0.25, -0.2) is 4.98 Å². The number of hydrogen-bond acceptors (Lipinski definition) is 4. The van der Waals surface area contributed by atoms with Crippen molar-refractivity contribution in [2.24, 2.45) is 5.73 Å². The van der Waals surface area contributed by atoms with E-state index in [4.69, 9.17) is 14.9 Å². The number of hydrogen-bond donors (Lipinski definition) is 1. The van der Waals surface area contributed by atoms with Crippen LogP contribution in [-0.4, -0.2) is 12.1 Å². The molecule has 0 spiro atoms. The predicted molar refractivity (Wildman–Crippen MR) is 65.9 cm³/mol. The molecule has 0 radical (unpaired) electrons. The first-order chi connectivity index (χ1) is 8.15. The topological polar surface area (TPSA) is 61.3 Å². The zero-order valence-electron chi connectivity index (χ0n) is 10.3. The lowest BCUT2D eigenvalue weighted by Gasteiger charge is -2.09. The molecule has 1 aromatic carbocycles. The maximum absolute atomic E-state index is 5.48. The highest BCUT2D eigenvalue weighted by molar-refractivity contribution is 5.68. The molecule has 0 bridgehead atoms. The number of ether oxygens (including phenoxy) is 1. The Morgan fingerprint density at radius 1 is 1.29 bits per heavy atom. The summed E-state index contributed by atoms with van der Waals surface area (Å²) in [6.45, 7) is 4.41. The molecule has 2 aromatic rings. The van der Waals surface area contributed by atoms with Crippen molar-refractivity contribution in [3.05, 3.63) is 35.4 Å². The summed E-state index contributed by atoms with van der Waals surface area (Å²) in [6.07, 6.45) is 1.61. The van der Waals surface area contributed by atoms with Gasteiger partial charge >= 0.3 is 0 Å². The molecule has 0 unspecified atom stereocenters. The number of nitrogens with two attached hydrogens (primary N) is 1. The number of benzene rings is 1. The normalized spacial score (nSPS) is 10.6. The molecule has 0 aliphatic carbocycles. The van der Waals surface area contributed by atoms with Gasteiger partial charge < -0.3 is 14.9 Å². The molecule has 0 saturated carbocycles. The standard InChI is InChI=1S/C13H16N2O2/c1-8-4-10(12(16-3)5-9(8)2)11-7-17-13(6-14)15-11/h4-5,7H,6,14H2,1-3H3. The second-order valence-electron chi connectivity index (χ2n) is 3.97. The predicted octanol–water partition coefficient (Wildman–Crippen LogP) is 2.43. The van der Waals surface area contributed by atoms with Gasteiger partial charge in [-0.15, -0.1) is 0 Å². The van der Waals surface area contributed by atoms with Crippen LogP contribution in [0, 0.1) is 13.8 Å². The summed E-state index contributed by atoms with van der Waals surface area (Å²) in [5.74, 6) is 1.32. The fraction of sp³-hybridized carbons (Fsp3) is 0.308. The van der Waals surface area contributed by atoms with Gasteiger partial charge in [0.2, 0.25) is 5.89 Å². The molecule has 17 heavy (non-hydrogen) atoms. The Labute approximate surface area is 100 Å². The first-order valence-corrected chi connectivity index (χ1v) is 5.45. The molecule has 2 N–H and O–H groups in total. The summed E-state index contributed by atoms with van der Waals surface area (Å²) in [5, 5.41) is 0. The minimum absolute atomic E-state index is 0.299.